The number of rotatable bonds is 10. The zero-order valence-corrected chi connectivity index (χ0v) is 18.8. The second-order valence-electron chi connectivity index (χ2n) is 8.79. The van der Waals surface area contributed by atoms with Gasteiger partial charge in [-0.1, -0.05) is 12.1 Å². The van der Waals surface area contributed by atoms with Crippen LogP contribution in [0.3, 0.4) is 0 Å². The first-order valence-corrected chi connectivity index (χ1v) is 11.3. The van der Waals surface area contributed by atoms with Crippen molar-refractivity contribution in [2.45, 2.75) is 57.5 Å². The first kappa shape index (κ1) is 24.3. The number of alkyl halides is 2. The third kappa shape index (κ3) is 6.18. The van der Waals surface area contributed by atoms with Gasteiger partial charge in [-0.2, -0.15) is 13.2 Å². The number of benzene rings is 1. The lowest BCUT2D eigenvalue weighted by atomic mass is 9.95. The van der Waals surface area contributed by atoms with Gasteiger partial charge in [-0.3, -0.25) is 9.69 Å². The molecule has 3 atom stereocenters. The molecule has 2 aromatic rings. The quantitative estimate of drug-likeness (QED) is 0.508. The fourth-order valence-corrected chi connectivity index (χ4v) is 4.19. The van der Waals surface area contributed by atoms with Gasteiger partial charge in [0.25, 0.3) is 0 Å². The summed E-state index contributed by atoms with van der Waals surface area (Å²) in [5.74, 6) is -0.419. The largest absolute Gasteiger partial charge is 0.489 e. The number of hydrogen-bond donors (Lipinski definition) is 2. The van der Waals surface area contributed by atoms with E-state index in [4.69, 9.17) is 4.74 Å². The van der Waals surface area contributed by atoms with Crippen LogP contribution >= 0.6 is 0 Å². The summed E-state index contributed by atoms with van der Waals surface area (Å²) in [7, 11) is 0. The summed E-state index contributed by atoms with van der Waals surface area (Å²) in [6.07, 6.45) is 1.64. The summed E-state index contributed by atoms with van der Waals surface area (Å²) in [5, 5.41) is 13.0. The number of halogens is 3. The van der Waals surface area contributed by atoms with Crippen LogP contribution in [-0.2, 0) is 11.3 Å². The topological polar surface area (TPSA) is 83.9 Å². The maximum atomic E-state index is 13.3. The van der Waals surface area contributed by atoms with Crippen LogP contribution in [0.2, 0.25) is 0 Å². The van der Waals surface area contributed by atoms with E-state index in [1.165, 1.54) is 18.2 Å². The number of carbonyl (C=O) groups is 1. The molecule has 7 nitrogen and oxygen atoms in total. The van der Waals surface area contributed by atoms with Crippen LogP contribution in [0.1, 0.15) is 43.4 Å². The SMILES string of the molecule is CC(O)N1CC(c2ccc(OC(F)F)c(OCC3CC3)c2)C[C@@H]1C(=O)NCc1cccc(F)n1. The van der Waals surface area contributed by atoms with E-state index in [0.717, 1.165) is 18.4 Å². The number of carbonyl (C=O) groups excluding carboxylic acids is 1. The number of hydrogen-bond acceptors (Lipinski definition) is 6. The Bertz CT molecular complexity index is 1000. The van der Waals surface area contributed by atoms with Gasteiger partial charge in [0.2, 0.25) is 11.9 Å². The van der Waals surface area contributed by atoms with E-state index in [0.29, 0.717) is 31.2 Å². The van der Waals surface area contributed by atoms with Crippen LogP contribution in [0.15, 0.2) is 36.4 Å². The number of aliphatic hydroxyl groups is 1. The summed E-state index contributed by atoms with van der Waals surface area (Å²) in [4.78, 5) is 18.3. The molecule has 0 radical (unpaired) electrons. The predicted molar refractivity (Wildman–Crippen MR) is 117 cm³/mol. The summed E-state index contributed by atoms with van der Waals surface area (Å²) in [6.45, 7) is -0.491. The van der Waals surface area contributed by atoms with Gasteiger partial charge in [-0.05, 0) is 67.9 Å². The van der Waals surface area contributed by atoms with Gasteiger partial charge < -0.3 is 19.9 Å². The van der Waals surface area contributed by atoms with Crippen LogP contribution < -0.4 is 14.8 Å². The van der Waals surface area contributed by atoms with Gasteiger partial charge in [0.05, 0.1) is 24.9 Å². The molecule has 1 aromatic heterocycles. The van der Waals surface area contributed by atoms with Crippen LogP contribution in [0.5, 0.6) is 11.5 Å². The number of amides is 1. The summed E-state index contributed by atoms with van der Waals surface area (Å²) < 4.78 is 49.3. The third-order valence-corrected chi connectivity index (χ3v) is 6.17. The highest BCUT2D eigenvalue weighted by atomic mass is 19.3. The van der Waals surface area contributed by atoms with Crippen molar-refractivity contribution in [1.29, 1.82) is 0 Å². The Hall–Kier alpha value is -2.85. The van der Waals surface area contributed by atoms with Crippen molar-refractivity contribution in [3.8, 4) is 11.5 Å². The molecule has 1 amide bonds. The minimum Gasteiger partial charge on any atom is -0.489 e. The van der Waals surface area contributed by atoms with Gasteiger partial charge in [0.15, 0.2) is 11.5 Å². The number of aliphatic hydroxyl groups excluding tert-OH is 1. The Kier molecular flexibility index (Phi) is 7.57. The van der Waals surface area contributed by atoms with Crippen LogP contribution in [-0.4, -0.2) is 52.9 Å². The number of ether oxygens (including phenoxy) is 2. The van der Waals surface area contributed by atoms with Crippen LogP contribution in [0, 0.1) is 11.9 Å². The Morgan fingerprint density at radius 3 is 2.74 bits per heavy atom. The maximum absolute atomic E-state index is 13.3. The van der Waals surface area contributed by atoms with Gasteiger partial charge in [0, 0.05) is 6.54 Å². The van der Waals surface area contributed by atoms with Crippen molar-refractivity contribution in [1.82, 2.24) is 15.2 Å². The minimum atomic E-state index is -2.97. The van der Waals surface area contributed by atoms with E-state index < -0.39 is 24.8 Å². The average Bonchev–Trinajstić information content (AvgIpc) is 3.51. The van der Waals surface area contributed by atoms with Crippen molar-refractivity contribution in [3.05, 3.63) is 53.6 Å². The zero-order valence-electron chi connectivity index (χ0n) is 18.8. The molecule has 10 heteroatoms. The number of nitrogens with one attached hydrogen (secondary N) is 1. The second-order valence-corrected chi connectivity index (χ2v) is 8.79. The molecule has 2 fully saturated rings. The average molecular weight is 479 g/mol. The van der Waals surface area contributed by atoms with Crippen molar-refractivity contribution < 1.29 is 32.5 Å². The molecule has 2 aliphatic rings. The first-order valence-electron chi connectivity index (χ1n) is 11.3. The van der Waals surface area contributed by atoms with Gasteiger partial charge in [-0.15, -0.1) is 0 Å². The Labute approximate surface area is 195 Å². The smallest absolute Gasteiger partial charge is 0.387 e. The second kappa shape index (κ2) is 10.6. The van der Waals surface area contributed by atoms with E-state index in [9.17, 15) is 23.1 Å². The van der Waals surface area contributed by atoms with Crippen molar-refractivity contribution in [2.75, 3.05) is 13.2 Å². The molecule has 1 saturated heterocycles. The predicted octanol–water partition coefficient (Wildman–Crippen LogP) is 3.42. The lowest BCUT2D eigenvalue weighted by Crippen LogP contribution is -2.46. The molecule has 2 unspecified atom stereocenters. The van der Waals surface area contributed by atoms with E-state index in [1.807, 2.05) is 0 Å². The lowest BCUT2D eigenvalue weighted by molar-refractivity contribution is -0.129. The molecule has 184 valence electrons. The molecule has 1 aromatic carbocycles. The van der Waals surface area contributed by atoms with E-state index in [-0.39, 0.29) is 29.9 Å². The van der Waals surface area contributed by atoms with E-state index in [2.05, 4.69) is 15.0 Å². The maximum Gasteiger partial charge on any atom is 0.387 e. The van der Waals surface area contributed by atoms with Crippen LogP contribution in [0.4, 0.5) is 13.2 Å². The van der Waals surface area contributed by atoms with Gasteiger partial charge in [-0.25, -0.2) is 4.98 Å². The number of nitrogens with zero attached hydrogens (tertiary/aromatic N) is 2. The Morgan fingerprint density at radius 2 is 2.06 bits per heavy atom. The van der Waals surface area contributed by atoms with Crippen molar-refractivity contribution in [2.24, 2.45) is 5.92 Å². The van der Waals surface area contributed by atoms with Gasteiger partial charge >= 0.3 is 6.61 Å². The van der Waals surface area contributed by atoms with Gasteiger partial charge in [0.1, 0.15) is 6.23 Å². The summed E-state index contributed by atoms with van der Waals surface area (Å²) in [5.41, 5.74) is 1.19. The fraction of sp³-hybridized carbons (Fsp3) is 0.500. The van der Waals surface area contributed by atoms with E-state index in [1.54, 1.807) is 30.0 Å². The number of pyridine rings is 1. The Balaban J connectivity index is 1.47. The third-order valence-electron chi connectivity index (χ3n) is 6.17. The number of aromatic nitrogens is 1. The highest BCUT2D eigenvalue weighted by Gasteiger charge is 2.39. The lowest BCUT2D eigenvalue weighted by Gasteiger charge is -2.26. The monoisotopic (exact) mass is 479 g/mol. The number of likely N-dealkylation sites (tertiary alicyclic amines) is 1. The Morgan fingerprint density at radius 1 is 1.26 bits per heavy atom. The summed E-state index contributed by atoms with van der Waals surface area (Å²) in [6, 6.07) is 8.56. The fourth-order valence-electron chi connectivity index (χ4n) is 4.19. The molecule has 2 N–H and O–H groups in total. The molecule has 1 aliphatic heterocycles. The first-order chi connectivity index (χ1) is 16.3. The molecular formula is C24H28F3N3O4. The molecule has 34 heavy (non-hydrogen) atoms. The zero-order chi connectivity index (χ0) is 24.2. The molecule has 1 aliphatic carbocycles. The minimum absolute atomic E-state index is 0.0262. The highest BCUT2D eigenvalue weighted by Crippen LogP contribution is 2.39. The molecule has 0 bridgehead atoms. The molecular weight excluding hydrogens is 451 g/mol. The van der Waals surface area contributed by atoms with Crippen molar-refractivity contribution in [3.63, 3.8) is 0 Å². The highest BCUT2D eigenvalue weighted by molar-refractivity contribution is 5.82. The normalized spacial score (nSPS) is 21.5. The van der Waals surface area contributed by atoms with Crippen LogP contribution in [0.25, 0.3) is 0 Å². The standard InChI is InChI=1S/C24H28F3N3O4/c1-14(31)30-12-17(9-19(30)23(32)28-11-18-3-2-4-22(25)29-18)16-7-8-20(34-24(26)27)21(10-16)33-13-15-5-6-15/h2-4,7-8,10,14-15,17,19,24,31H,5-6,9,11-13H2,1H3,(H,28,32)/t14?,17?,19-/m1/s1. The van der Waals surface area contributed by atoms with E-state index >= 15 is 0 Å². The molecule has 1 saturated carbocycles. The summed E-state index contributed by atoms with van der Waals surface area (Å²) >= 11 is 0. The molecule has 0 spiro atoms. The van der Waals surface area contributed by atoms with Crippen molar-refractivity contribution >= 4 is 5.91 Å². The molecule has 2 heterocycles. The molecule has 4 rings (SSSR count).